The highest BCUT2D eigenvalue weighted by Gasteiger charge is 2.50. The molecule has 1 aliphatic heterocycles. The van der Waals surface area contributed by atoms with Crippen molar-refractivity contribution < 1.29 is 19.1 Å². The van der Waals surface area contributed by atoms with Crippen molar-refractivity contribution in [2.45, 2.75) is 38.0 Å². The molecule has 2 fully saturated rings. The third-order valence-corrected chi connectivity index (χ3v) is 6.03. The van der Waals surface area contributed by atoms with E-state index < -0.39 is 18.2 Å². The summed E-state index contributed by atoms with van der Waals surface area (Å²) in [5.41, 5.74) is 1.69. The lowest BCUT2D eigenvalue weighted by atomic mass is 9.90. The molecule has 0 aromatic heterocycles. The van der Waals surface area contributed by atoms with Crippen LogP contribution in [0.25, 0.3) is 0 Å². The molecule has 7 heteroatoms. The molecule has 2 aromatic rings. The van der Waals surface area contributed by atoms with Gasteiger partial charge in [0.25, 0.3) is 0 Å². The van der Waals surface area contributed by atoms with E-state index in [2.05, 4.69) is 0 Å². The molecule has 1 saturated heterocycles. The Kier molecular flexibility index (Phi) is 6.32. The average Bonchev–Trinajstić information content (AvgIpc) is 3.55. The third-order valence-electron chi connectivity index (χ3n) is 5.55. The minimum Gasteiger partial charge on any atom is -0.464 e. The maximum atomic E-state index is 13.1. The molecule has 2 aliphatic rings. The third kappa shape index (κ3) is 4.34. The van der Waals surface area contributed by atoms with Crippen LogP contribution < -0.4 is 0 Å². The Balaban J connectivity index is 1.81. The summed E-state index contributed by atoms with van der Waals surface area (Å²) in [4.78, 5) is 27.7. The topological polar surface area (TPSA) is 55.8 Å². The molecule has 2 aromatic carbocycles. The summed E-state index contributed by atoms with van der Waals surface area (Å²) in [6, 6.07) is 13.6. The molecule has 1 heterocycles. The van der Waals surface area contributed by atoms with Gasteiger partial charge in [-0.2, -0.15) is 0 Å². The molecule has 0 N–H and O–H groups in total. The predicted octanol–water partition coefficient (Wildman–Crippen LogP) is 4.98. The molecule has 4 rings (SSSR count). The lowest BCUT2D eigenvalue weighted by molar-refractivity contribution is -0.174. The lowest BCUT2D eigenvalue weighted by Crippen LogP contribution is -2.54. The van der Waals surface area contributed by atoms with E-state index in [-0.39, 0.29) is 31.0 Å². The monoisotopic (exact) mass is 447 g/mol. The molecule has 0 radical (unpaired) electrons. The van der Waals surface area contributed by atoms with E-state index in [0.29, 0.717) is 10.0 Å². The molecule has 158 valence electrons. The van der Waals surface area contributed by atoms with Gasteiger partial charge in [-0.3, -0.25) is 4.79 Å². The van der Waals surface area contributed by atoms with E-state index >= 15 is 0 Å². The van der Waals surface area contributed by atoms with E-state index in [1.807, 2.05) is 30.3 Å². The summed E-state index contributed by atoms with van der Waals surface area (Å²) >= 11 is 12.3. The molecule has 3 atom stereocenters. The fourth-order valence-corrected chi connectivity index (χ4v) is 4.41. The van der Waals surface area contributed by atoms with E-state index in [9.17, 15) is 9.59 Å². The number of amides is 1. The van der Waals surface area contributed by atoms with E-state index in [0.717, 1.165) is 24.0 Å². The van der Waals surface area contributed by atoms with E-state index in [1.165, 1.54) is 0 Å². The van der Waals surface area contributed by atoms with Gasteiger partial charge in [-0.25, -0.2) is 4.79 Å². The van der Waals surface area contributed by atoms with Crippen molar-refractivity contribution >= 4 is 35.1 Å². The van der Waals surface area contributed by atoms with Crippen LogP contribution >= 0.6 is 23.2 Å². The Morgan fingerprint density at radius 1 is 1.13 bits per heavy atom. The summed E-state index contributed by atoms with van der Waals surface area (Å²) in [6.07, 6.45) is 1.31. The maximum absolute atomic E-state index is 13.1. The average molecular weight is 448 g/mol. The number of carbonyl (C=O) groups excluding carboxylic acids is 2. The molecule has 1 saturated carbocycles. The van der Waals surface area contributed by atoms with Crippen LogP contribution in [0.3, 0.4) is 0 Å². The van der Waals surface area contributed by atoms with Gasteiger partial charge in [-0.05, 0) is 61.1 Å². The Labute approximate surface area is 185 Å². The van der Waals surface area contributed by atoms with Crippen LogP contribution in [0.5, 0.6) is 0 Å². The summed E-state index contributed by atoms with van der Waals surface area (Å²) in [5.74, 6) is -0.488. The maximum Gasteiger partial charge on any atom is 0.329 e. The van der Waals surface area contributed by atoms with Gasteiger partial charge in [0.15, 0.2) is 0 Å². The van der Waals surface area contributed by atoms with Crippen LogP contribution in [0.4, 0.5) is 0 Å². The Bertz CT molecular complexity index is 929. The van der Waals surface area contributed by atoms with Gasteiger partial charge in [0.2, 0.25) is 5.91 Å². The Morgan fingerprint density at radius 3 is 2.50 bits per heavy atom. The minimum absolute atomic E-state index is 0.0981. The van der Waals surface area contributed by atoms with Gasteiger partial charge in [0.1, 0.15) is 18.8 Å². The molecular formula is C23H23Cl2NO4. The van der Waals surface area contributed by atoms with Crippen molar-refractivity contribution in [3.8, 4) is 0 Å². The largest absolute Gasteiger partial charge is 0.464 e. The van der Waals surface area contributed by atoms with E-state index in [1.54, 1.807) is 30.0 Å². The molecule has 0 spiro atoms. The fourth-order valence-electron chi connectivity index (χ4n) is 4.09. The number of rotatable bonds is 6. The van der Waals surface area contributed by atoms with Crippen LogP contribution in [0.2, 0.25) is 10.0 Å². The zero-order valence-electron chi connectivity index (χ0n) is 16.6. The van der Waals surface area contributed by atoms with Gasteiger partial charge in [0, 0.05) is 10.0 Å². The highest BCUT2D eigenvalue weighted by atomic mass is 35.5. The van der Waals surface area contributed by atoms with Gasteiger partial charge >= 0.3 is 5.97 Å². The molecule has 0 bridgehead atoms. The minimum atomic E-state index is -0.635. The number of hydrogen-bond acceptors (Lipinski definition) is 4. The number of nitrogens with zero attached hydrogens (tertiary/aromatic N) is 1. The highest BCUT2D eigenvalue weighted by molar-refractivity contribution is 6.30. The fraction of sp³-hybridized carbons (Fsp3) is 0.391. The van der Waals surface area contributed by atoms with Crippen LogP contribution in [-0.4, -0.2) is 36.0 Å². The van der Waals surface area contributed by atoms with Gasteiger partial charge in [-0.1, -0.05) is 47.5 Å². The second-order valence-corrected chi connectivity index (χ2v) is 8.49. The first kappa shape index (κ1) is 21.2. The van der Waals surface area contributed by atoms with Crippen LogP contribution in [0.15, 0.2) is 48.5 Å². The van der Waals surface area contributed by atoms with Crippen molar-refractivity contribution in [1.29, 1.82) is 0 Å². The van der Waals surface area contributed by atoms with Gasteiger partial charge in [-0.15, -0.1) is 0 Å². The van der Waals surface area contributed by atoms with Crippen molar-refractivity contribution in [2.75, 3.05) is 13.2 Å². The zero-order valence-corrected chi connectivity index (χ0v) is 18.1. The number of carbonyl (C=O) groups is 2. The smallest absolute Gasteiger partial charge is 0.329 e. The normalized spacial score (nSPS) is 22.6. The number of morpholine rings is 1. The molecule has 30 heavy (non-hydrogen) atoms. The number of halogens is 2. The van der Waals surface area contributed by atoms with E-state index in [4.69, 9.17) is 32.7 Å². The standard InChI is InChI=1S/C23H23Cl2NO4/c1-2-29-23(28)21(15-6-7-15)26-19(27)13-30-22(16-4-3-5-18(25)12-16)20(26)14-8-10-17(24)11-9-14/h3-5,8-12,15,20-22H,2,6-7,13H2,1H3/t20?,21-,22-/m1/s1. The Hall–Kier alpha value is -2.08. The first-order valence-corrected chi connectivity index (χ1v) is 10.9. The Morgan fingerprint density at radius 2 is 1.87 bits per heavy atom. The van der Waals surface area contributed by atoms with Gasteiger partial charge in [0.05, 0.1) is 12.6 Å². The molecule has 1 unspecified atom stereocenters. The summed E-state index contributed by atoms with van der Waals surface area (Å²) in [6.45, 7) is 1.93. The molecule has 1 aliphatic carbocycles. The van der Waals surface area contributed by atoms with Crippen molar-refractivity contribution in [1.82, 2.24) is 4.90 Å². The zero-order chi connectivity index (χ0) is 21.3. The highest BCUT2D eigenvalue weighted by Crippen LogP contribution is 2.46. The summed E-state index contributed by atoms with van der Waals surface area (Å²) in [5, 5.41) is 1.18. The van der Waals surface area contributed by atoms with Crippen LogP contribution in [-0.2, 0) is 19.1 Å². The SMILES string of the molecule is CCOC(=O)[C@@H](C1CC1)N1C(=O)CO[C@H](c2cccc(Cl)c2)C1c1ccc(Cl)cc1. The second-order valence-electron chi connectivity index (χ2n) is 7.62. The number of benzene rings is 2. The molecule has 1 amide bonds. The predicted molar refractivity (Wildman–Crippen MR) is 114 cm³/mol. The van der Waals surface area contributed by atoms with Crippen molar-refractivity contribution in [2.24, 2.45) is 5.92 Å². The van der Waals surface area contributed by atoms with Crippen molar-refractivity contribution in [3.63, 3.8) is 0 Å². The molecule has 5 nitrogen and oxygen atoms in total. The number of hydrogen-bond donors (Lipinski definition) is 0. The van der Waals surface area contributed by atoms with Crippen molar-refractivity contribution in [3.05, 3.63) is 69.7 Å². The first-order chi connectivity index (χ1) is 14.5. The van der Waals surface area contributed by atoms with Crippen LogP contribution in [0.1, 0.15) is 43.0 Å². The van der Waals surface area contributed by atoms with Crippen LogP contribution in [0, 0.1) is 5.92 Å². The quantitative estimate of drug-likeness (QED) is 0.586. The molecular weight excluding hydrogens is 425 g/mol. The summed E-state index contributed by atoms with van der Waals surface area (Å²) < 4.78 is 11.4. The number of ether oxygens (including phenoxy) is 2. The second kappa shape index (κ2) is 8.96. The summed E-state index contributed by atoms with van der Waals surface area (Å²) in [7, 11) is 0. The first-order valence-electron chi connectivity index (χ1n) is 10.1. The number of esters is 1. The lowest BCUT2D eigenvalue weighted by Gasteiger charge is -2.44. The van der Waals surface area contributed by atoms with Gasteiger partial charge < -0.3 is 14.4 Å².